The zero-order valence-electron chi connectivity index (χ0n) is 39.5. The topological polar surface area (TPSA) is 203 Å². The number of carbonyl (C=O) groups excluding carboxylic acids is 2. The van der Waals surface area contributed by atoms with E-state index in [0.29, 0.717) is 87.0 Å². The maximum atomic E-state index is 14.3. The van der Waals surface area contributed by atoms with Crippen molar-refractivity contribution in [3.8, 4) is 22.8 Å². The molecule has 0 saturated carbocycles. The highest BCUT2D eigenvalue weighted by Crippen LogP contribution is 2.33. The van der Waals surface area contributed by atoms with E-state index in [0.717, 1.165) is 28.2 Å². The number of likely N-dealkylation sites (tertiary alicyclic amines) is 1. The molecule has 382 valence electrons. The quantitative estimate of drug-likeness (QED) is 0.0628. The number of alkyl halides is 3. The summed E-state index contributed by atoms with van der Waals surface area (Å²) < 4.78 is 62.7. The molecular formula is C48H59Cl2F3N6O11. The summed E-state index contributed by atoms with van der Waals surface area (Å²) in [5.74, 6) is -1.61. The number of ether oxygens (including phenoxy) is 5. The lowest BCUT2D eigenvalue weighted by Gasteiger charge is -2.44. The second-order valence-corrected chi connectivity index (χ2v) is 18.0. The van der Waals surface area contributed by atoms with Crippen molar-refractivity contribution in [1.82, 2.24) is 30.0 Å². The molecule has 2 saturated heterocycles. The summed E-state index contributed by atoms with van der Waals surface area (Å²) in [4.78, 5) is 56.9. The minimum Gasteiger partial charge on any atom is -0.475 e. The van der Waals surface area contributed by atoms with Crippen LogP contribution < -0.4 is 15.4 Å². The van der Waals surface area contributed by atoms with Crippen LogP contribution in [0.5, 0.6) is 11.5 Å². The number of aliphatic carboxylic acids is 1. The third-order valence-electron chi connectivity index (χ3n) is 11.6. The third kappa shape index (κ3) is 15.5. The highest BCUT2D eigenvalue weighted by atomic mass is 35.5. The van der Waals surface area contributed by atoms with E-state index in [9.17, 15) is 32.7 Å². The van der Waals surface area contributed by atoms with E-state index in [1.807, 2.05) is 67.2 Å². The lowest BCUT2D eigenvalue weighted by molar-refractivity contribution is -0.192. The van der Waals surface area contributed by atoms with E-state index in [1.165, 1.54) is 9.80 Å². The number of hydrogen-bond donors (Lipinski definition) is 4. The van der Waals surface area contributed by atoms with Crippen LogP contribution in [-0.2, 0) is 60.0 Å². The Bertz CT molecular complexity index is 2390. The van der Waals surface area contributed by atoms with Gasteiger partial charge in [-0.25, -0.2) is 14.6 Å². The van der Waals surface area contributed by atoms with Crippen LogP contribution in [0.2, 0.25) is 10.0 Å². The Balaban J connectivity index is 0.00000121. The summed E-state index contributed by atoms with van der Waals surface area (Å²) >= 11 is 12.6. The second kappa shape index (κ2) is 25.1. The maximum Gasteiger partial charge on any atom is 0.490 e. The minimum atomic E-state index is -5.08. The Morgan fingerprint density at radius 2 is 1.59 bits per heavy atom. The van der Waals surface area contributed by atoms with Crippen molar-refractivity contribution in [2.45, 2.75) is 89.6 Å². The van der Waals surface area contributed by atoms with Gasteiger partial charge in [-0.15, -0.1) is 0 Å². The van der Waals surface area contributed by atoms with Crippen molar-refractivity contribution in [2.24, 2.45) is 7.05 Å². The van der Waals surface area contributed by atoms with Gasteiger partial charge in [-0.2, -0.15) is 13.2 Å². The molecule has 0 aliphatic carbocycles. The van der Waals surface area contributed by atoms with Crippen LogP contribution in [0, 0.1) is 0 Å². The van der Waals surface area contributed by atoms with Gasteiger partial charge in [0.2, 0.25) is 11.8 Å². The Morgan fingerprint density at radius 3 is 2.23 bits per heavy atom. The molecule has 4 aromatic rings. The Kier molecular flexibility index (Phi) is 19.9. The standard InChI is InChI=1S/C46H58Cl2N6O9.C2HF3O2/c1-6-59-20-21-60-22-23-61-29-41-50-27-38(52(41)5)33-11-16-37(17-12-33)63-40-24-36(48)15-10-34(40)26-49-31(2)43(56)54-39(28-62-45(54,3)4)42(55)51-46(18-7-19-53(30-46)44(57)58)25-32-8-13-35(47)14-9-32;3-2(4,5)1(6)7/h8-17,24,27,31,39,49H,6-7,18-23,25-26,28-30H2,1-5H3,(H,51,55)(H,57,58);(H,6,7)/t31?,39-,46+;/m0./s1. The molecule has 0 spiro atoms. The van der Waals surface area contributed by atoms with Crippen molar-refractivity contribution in [3.63, 3.8) is 0 Å². The maximum absolute atomic E-state index is 14.3. The molecule has 3 atom stereocenters. The van der Waals surface area contributed by atoms with Crippen molar-refractivity contribution >= 4 is 47.1 Å². The Hall–Kier alpha value is -5.48. The highest BCUT2D eigenvalue weighted by Gasteiger charge is 2.50. The largest absolute Gasteiger partial charge is 0.490 e. The smallest absolute Gasteiger partial charge is 0.475 e. The first kappa shape index (κ1) is 55.4. The normalized spacial score (nSPS) is 18.2. The number of rotatable bonds is 20. The molecule has 70 heavy (non-hydrogen) atoms. The number of hydrogen-bond acceptors (Lipinski definition) is 11. The molecule has 3 aromatic carbocycles. The number of benzene rings is 3. The number of aromatic nitrogens is 2. The van der Waals surface area contributed by atoms with Gasteiger partial charge < -0.3 is 54.0 Å². The first-order chi connectivity index (χ1) is 33.1. The molecule has 0 bridgehead atoms. The van der Waals surface area contributed by atoms with Gasteiger partial charge in [0, 0.05) is 54.5 Å². The molecule has 1 aromatic heterocycles. The lowest BCUT2D eigenvalue weighted by atomic mass is 9.82. The number of amides is 3. The van der Waals surface area contributed by atoms with Gasteiger partial charge in [0.25, 0.3) is 0 Å². The van der Waals surface area contributed by atoms with E-state index >= 15 is 0 Å². The minimum absolute atomic E-state index is 0.0208. The van der Waals surface area contributed by atoms with Crippen molar-refractivity contribution in [1.29, 1.82) is 0 Å². The van der Waals surface area contributed by atoms with Gasteiger partial charge in [0.15, 0.2) is 0 Å². The average molecular weight is 1020 g/mol. The van der Waals surface area contributed by atoms with Gasteiger partial charge in [-0.05, 0) is 101 Å². The van der Waals surface area contributed by atoms with Crippen LogP contribution in [-0.4, -0.2) is 136 Å². The highest BCUT2D eigenvalue weighted by molar-refractivity contribution is 6.31. The van der Waals surface area contributed by atoms with Crippen LogP contribution in [0.1, 0.15) is 57.5 Å². The number of imidazole rings is 1. The molecule has 2 aliphatic rings. The lowest BCUT2D eigenvalue weighted by Crippen LogP contribution is -2.65. The van der Waals surface area contributed by atoms with E-state index < -0.39 is 47.5 Å². The monoisotopic (exact) mass is 1020 g/mol. The molecule has 2 fully saturated rings. The van der Waals surface area contributed by atoms with Gasteiger partial charge in [0.05, 0.1) is 56.5 Å². The number of carboxylic acid groups (broad SMARTS) is 2. The molecule has 4 N–H and O–H groups in total. The molecule has 22 heteroatoms. The number of piperidine rings is 1. The van der Waals surface area contributed by atoms with Crippen molar-refractivity contribution in [3.05, 3.63) is 99.9 Å². The molecular weight excluding hydrogens is 964 g/mol. The van der Waals surface area contributed by atoms with Gasteiger partial charge >= 0.3 is 18.2 Å². The first-order valence-corrected chi connectivity index (χ1v) is 23.2. The molecule has 17 nitrogen and oxygen atoms in total. The molecule has 6 rings (SSSR count). The number of carbonyl (C=O) groups is 4. The SMILES string of the molecule is CCOCCOCCOCc1ncc(-c2ccc(Oc3cc(Cl)ccc3CNC(C)C(=O)N3[C@H](C(=O)N[C@@]4(Cc5ccc(Cl)cc5)CCCN(C(=O)O)C4)COC3(C)C)cc2)n1C.O=C(O)C(F)(F)F. The van der Waals surface area contributed by atoms with Crippen molar-refractivity contribution in [2.75, 3.05) is 52.7 Å². The fraction of sp³-hybridized carbons (Fsp3) is 0.479. The predicted octanol–water partition coefficient (Wildman–Crippen LogP) is 7.70. The fourth-order valence-corrected chi connectivity index (χ4v) is 8.27. The van der Waals surface area contributed by atoms with Crippen LogP contribution in [0.4, 0.5) is 18.0 Å². The van der Waals surface area contributed by atoms with Gasteiger partial charge in [-0.1, -0.05) is 41.4 Å². The van der Waals surface area contributed by atoms with Crippen LogP contribution in [0.15, 0.2) is 72.9 Å². The zero-order valence-corrected chi connectivity index (χ0v) is 41.0. The molecule has 3 amide bonds. The molecule has 1 unspecified atom stereocenters. The summed E-state index contributed by atoms with van der Waals surface area (Å²) in [5.41, 5.74) is 1.52. The molecule has 0 radical (unpaired) electrons. The summed E-state index contributed by atoms with van der Waals surface area (Å²) in [5, 5.41) is 24.6. The summed E-state index contributed by atoms with van der Waals surface area (Å²) in [6.45, 7) is 10.9. The van der Waals surface area contributed by atoms with E-state index in [2.05, 4.69) is 15.6 Å². The number of carboxylic acids is 1. The van der Waals surface area contributed by atoms with Gasteiger partial charge in [-0.3, -0.25) is 14.5 Å². The van der Waals surface area contributed by atoms with Gasteiger partial charge in [0.1, 0.15) is 35.7 Å². The molecule has 2 aliphatic heterocycles. The van der Waals surface area contributed by atoms with Crippen LogP contribution in [0.3, 0.4) is 0 Å². The Labute approximate surface area is 414 Å². The predicted molar refractivity (Wildman–Crippen MR) is 253 cm³/mol. The third-order valence-corrected chi connectivity index (χ3v) is 12.1. The van der Waals surface area contributed by atoms with E-state index in [1.54, 1.807) is 45.0 Å². The second-order valence-electron chi connectivity index (χ2n) is 17.1. The fourth-order valence-electron chi connectivity index (χ4n) is 7.98. The number of halogens is 5. The summed E-state index contributed by atoms with van der Waals surface area (Å²) in [6, 6.07) is 18.6. The Morgan fingerprint density at radius 1 is 0.943 bits per heavy atom. The van der Waals surface area contributed by atoms with Crippen molar-refractivity contribution < 1.29 is 66.2 Å². The van der Waals surface area contributed by atoms with Crippen LogP contribution >= 0.6 is 23.2 Å². The summed E-state index contributed by atoms with van der Waals surface area (Å²) in [7, 11) is 1.95. The number of nitrogens with zero attached hydrogens (tertiary/aromatic N) is 4. The van der Waals surface area contributed by atoms with E-state index in [4.69, 9.17) is 56.8 Å². The first-order valence-electron chi connectivity index (χ1n) is 22.5. The molecule has 3 heterocycles. The number of nitrogens with one attached hydrogen (secondary N) is 2. The average Bonchev–Trinajstić information content (AvgIpc) is 3.84. The zero-order chi connectivity index (χ0) is 51.2. The van der Waals surface area contributed by atoms with E-state index in [-0.39, 0.29) is 25.6 Å². The summed E-state index contributed by atoms with van der Waals surface area (Å²) in [6.07, 6.45) is -2.83. The van der Waals surface area contributed by atoms with Crippen LogP contribution in [0.25, 0.3) is 11.3 Å².